The molecule has 0 radical (unpaired) electrons. The summed E-state index contributed by atoms with van der Waals surface area (Å²) in [6, 6.07) is 0. The second kappa shape index (κ2) is 3.53. The summed E-state index contributed by atoms with van der Waals surface area (Å²) in [6.07, 6.45) is 4.26. The van der Waals surface area contributed by atoms with E-state index in [-0.39, 0.29) is 6.10 Å². The highest BCUT2D eigenvalue weighted by Crippen LogP contribution is 2.00. The first kappa shape index (κ1) is 8.27. The predicted octanol–water partition coefficient (Wildman–Crippen LogP) is 0.826. The van der Waals surface area contributed by atoms with Crippen LogP contribution in [-0.4, -0.2) is 20.8 Å². The minimum absolute atomic E-state index is 0.297. The molecule has 0 amide bonds. The first-order valence-electron chi connectivity index (χ1n) is 3.91. The van der Waals surface area contributed by atoms with Gasteiger partial charge in [0.15, 0.2) is 0 Å². The van der Waals surface area contributed by atoms with E-state index in [0.717, 1.165) is 6.42 Å². The lowest BCUT2D eigenvalue weighted by Crippen LogP contribution is -2.12. The van der Waals surface area contributed by atoms with E-state index >= 15 is 0 Å². The molecule has 0 aliphatic heterocycles. The van der Waals surface area contributed by atoms with Crippen LogP contribution >= 0.6 is 0 Å². The molecule has 0 fully saturated rings. The topological polar surface area (TPSA) is 38.0 Å². The van der Waals surface area contributed by atoms with Crippen molar-refractivity contribution in [2.45, 2.75) is 32.9 Å². The van der Waals surface area contributed by atoms with Gasteiger partial charge in [0.25, 0.3) is 0 Å². The van der Waals surface area contributed by atoms with Crippen molar-refractivity contribution in [1.29, 1.82) is 0 Å². The Morgan fingerprint density at radius 1 is 1.73 bits per heavy atom. The summed E-state index contributed by atoms with van der Waals surface area (Å²) in [7, 11) is 0. The Morgan fingerprint density at radius 2 is 2.45 bits per heavy atom. The van der Waals surface area contributed by atoms with E-state index in [0.29, 0.717) is 6.54 Å². The lowest BCUT2D eigenvalue weighted by atomic mass is 10.3. The average molecular weight is 154 g/mol. The zero-order valence-corrected chi connectivity index (χ0v) is 6.99. The van der Waals surface area contributed by atoms with Gasteiger partial charge in [0.05, 0.1) is 12.4 Å². The van der Waals surface area contributed by atoms with E-state index < -0.39 is 0 Å². The quantitative estimate of drug-likeness (QED) is 0.700. The van der Waals surface area contributed by atoms with E-state index in [2.05, 4.69) is 11.9 Å². The normalized spacial score (nSPS) is 13.4. The van der Waals surface area contributed by atoms with Gasteiger partial charge in [0.1, 0.15) is 0 Å². The van der Waals surface area contributed by atoms with Crippen LogP contribution in [0.3, 0.4) is 0 Å². The molecule has 0 bridgehead atoms. The molecule has 1 aromatic heterocycles. The Kier molecular flexibility index (Phi) is 2.65. The van der Waals surface area contributed by atoms with Gasteiger partial charge in [-0.2, -0.15) is 0 Å². The van der Waals surface area contributed by atoms with Gasteiger partial charge >= 0.3 is 0 Å². The SMILES string of the molecule is CCc1cncn1CC(C)O. The zero-order valence-electron chi connectivity index (χ0n) is 6.99. The molecule has 1 N–H and O–H groups in total. The van der Waals surface area contributed by atoms with Crippen molar-refractivity contribution >= 4 is 0 Å². The van der Waals surface area contributed by atoms with Crippen molar-refractivity contribution in [3.63, 3.8) is 0 Å². The van der Waals surface area contributed by atoms with Gasteiger partial charge in [-0.3, -0.25) is 0 Å². The molecule has 0 aliphatic carbocycles. The molecule has 3 nitrogen and oxygen atoms in total. The summed E-state index contributed by atoms with van der Waals surface area (Å²) >= 11 is 0. The van der Waals surface area contributed by atoms with Gasteiger partial charge in [-0.05, 0) is 13.3 Å². The van der Waals surface area contributed by atoms with Crippen molar-refractivity contribution in [3.05, 3.63) is 18.2 Å². The van der Waals surface area contributed by atoms with Crippen LogP contribution in [0.5, 0.6) is 0 Å². The molecule has 62 valence electrons. The van der Waals surface area contributed by atoms with E-state index in [4.69, 9.17) is 5.11 Å². The van der Waals surface area contributed by atoms with Crippen LogP contribution < -0.4 is 0 Å². The fraction of sp³-hybridized carbons (Fsp3) is 0.625. The highest BCUT2D eigenvalue weighted by Gasteiger charge is 2.01. The summed E-state index contributed by atoms with van der Waals surface area (Å²) in [6.45, 7) is 4.50. The van der Waals surface area contributed by atoms with Crippen LogP contribution in [0, 0.1) is 0 Å². The van der Waals surface area contributed by atoms with Crippen LogP contribution in [0.4, 0.5) is 0 Å². The summed E-state index contributed by atoms with van der Waals surface area (Å²) in [5, 5.41) is 9.10. The molecule has 1 atom stereocenters. The van der Waals surface area contributed by atoms with Gasteiger partial charge in [-0.1, -0.05) is 6.92 Å². The van der Waals surface area contributed by atoms with Crippen LogP contribution in [-0.2, 0) is 13.0 Å². The van der Waals surface area contributed by atoms with E-state index in [9.17, 15) is 0 Å². The van der Waals surface area contributed by atoms with Crippen molar-refractivity contribution in [1.82, 2.24) is 9.55 Å². The fourth-order valence-corrected chi connectivity index (χ4v) is 1.09. The molecule has 1 unspecified atom stereocenters. The molecule has 1 heterocycles. The molecule has 0 saturated carbocycles. The number of aryl methyl sites for hydroxylation is 1. The number of imidazole rings is 1. The van der Waals surface area contributed by atoms with Gasteiger partial charge in [-0.25, -0.2) is 4.98 Å². The number of rotatable bonds is 3. The molecule has 11 heavy (non-hydrogen) atoms. The first-order chi connectivity index (χ1) is 5.24. The maximum Gasteiger partial charge on any atom is 0.0949 e. The average Bonchev–Trinajstić information content (AvgIpc) is 2.34. The van der Waals surface area contributed by atoms with Gasteiger partial charge in [-0.15, -0.1) is 0 Å². The smallest absolute Gasteiger partial charge is 0.0949 e. The predicted molar refractivity (Wildman–Crippen MR) is 43.3 cm³/mol. The molecule has 3 heteroatoms. The molecular formula is C8H14N2O. The second-order valence-electron chi connectivity index (χ2n) is 2.74. The van der Waals surface area contributed by atoms with E-state index in [1.807, 2.05) is 10.8 Å². The van der Waals surface area contributed by atoms with E-state index in [1.165, 1.54) is 5.69 Å². The minimum atomic E-state index is -0.297. The van der Waals surface area contributed by atoms with Crippen molar-refractivity contribution < 1.29 is 5.11 Å². The molecule has 0 spiro atoms. The highest BCUT2D eigenvalue weighted by atomic mass is 16.3. The summed E-state index contributed by atoms with van der Waals surface area (Å²) in [5.74, 6) is 0. The Labute approximate surface area is 66.7 Å². The highest BCUT2D eigenvalue weighted by molar-refractivity contribution is 4.97. The third kappa shape index (κ3) is 2.05. The number of aliphatic hydroxyl groups excluding tert-OH is 1. The maximum absolute atomic E-state index is 9.10. The molecule has 0 aliphatic rings. The summed E-state index contributed by atoms with van der Waals surface area (Å²) in [5.41, 5.74) is 1.17. The van der Waals surface area contributed by atoms with E-state index in [1.54, 1.807) is 13.3 Å². The molecule has 0 saturated heterocycles. The van der Waals surface area contributed by atoms with Crippen LogP contribution in [0.25, 0.3) is 0 Å². The fourth-order valence-electron chi connectivity index (χ4n) is 1.09. The Bertz CT molecular complexity index is 218. The monoisotopic (exact) mass is 154 g/mol. The Morgan fingerprint density at radius 3 is 3.00 bits per heavy atom. The number of nitrogens with zero attached hydrogens (tertiary/aromatic N) is 2. The minimum Gasteiger partial charge on any atom is -0.392 e. The zero-order chi connectivity index (χ0) is 8.27. The lowest BCUT2D eigenvalue weighted by Gasteiger charge is -2.07. The van der Waals surface area contributed by atoms with Crippen molar-refractivity contribution in [2.75, 3.05) is 0 Å². The molecular weight excluding hydrogens is 140 g/mol. The number of hydrogen-bond acceptors (Lipinski definition) is 2. The second-order valence-corrected chi connectivity index (χ2v) is 2.74. The van der Waals surface area contributed by atoms with Crippen LogP contribution in [0.15, 0.2) is 12.5 Å². The van der Waals surface area contributed by atoms with Gasteiger partial charge < -0.3 is 9.67 Å². The largest absolute Gasteiger partial charge is 0.392 e. The summed E-state index contributed by atoms with van der Waals surface area (Å²) in [4.78, 5) is 4.00. The lowest BCUT2D eigenvalue weighted by molar-refractivity contribution is 0.172. The molecule has 1 aromatic rings. The Hall–Kier alpha value is -0.830. The molecule has 0 aromatic carbocycles. The number of hydrogen-bond donors (Lipinski definition) is 1. The Balaban J connectivity index is 2.68. The van der Waals surface area contributed by atoms with Crippen molar-refractivity contribution in [3.8, 4) is 0 Å². The standard InChI is InChI=1S/C8H14N2O/c1-3-8-4-9-6-10(8)5-7(2)11/h4,6-7,11H,3,5H2,1-2H3. The van der Waals surface area contributed by atoms with Crippen LogP contribution in [0.1, 0.15) is 19.5 Å². The van der Waals surface area contributed by atoms with Gasteiger partial charge in [0.2, 0.25) is 0 Å². The number of aliphatic hydroxyl groups is 1. The van der Waals surface area contributed by atoms with Crippen LogP contribution in [0.2, 0.25) is 0 Å². The maximum atomic E-state index is 9.10. The first-order valence-corrected chi connectivity index (χ1v) is 3.91. The number of aromatic nitrogens is 2. The summed E-state index contributed by atoms with van der Waals surface area (Å²) < 4.78 is 1.98. The third-order valence-electron chi connectivity index (χ3n) is 1.62. The van der Waals surface area contributed by atoms with Gasteiger partial charge in [0, 0.05) is 18.4 Å². The molecule has 1 rings (SSSR count). The van der Waals surface area contributed by atoms with Crippen molar-refractivity contribution in [2.24, 2.45) is 0 Å². The third-order valence-corrected chi connectivity index (χ3v) is 1.62.